The molecule has 1 N–H and O–H groups in total. The van der Waals surface area contributed by atoms with Gasteiger partial charge in [0.15, 0.2) is 5.82 Å². The van der Waals surface area contributed by atoms with Crippen LogP contribution in [0, 0.1) is 5.82 Å². The third kappa shape index (κ3) is 4.30. The summed E-state index contributed by atoms with van der Waals surface area (Å²) < 4.78 is 13.2. The van der Waals surface area contributed by atoms with E-state index in [2.05, 4.69) is 17.4 Å². The first-order valence-corrected chi connectivity index (χ1v) is 7.47. The van der Waals surface area contributed by atoms with Gasteiger partial charge < -0.3 is 5.32 Å². The fraction of sp³-hybridized carbons (Fsp3) is 0.143. The molecule has 2 aromatic carbocycles. The van der Waals surface area contributed by atoms with Gasteiger partial charge in [-0.1, -0.05) is 41.4 Å². The van der Waals surface area contributed by atoms with Crippen LogP contribution in [0.1, 0.15) is 0 Å². The van der Waals surface area contributed by atoms with E-state index in [-0.39, 0.29) is 10.0 Å². The van der Waals surface area contributed by atoms with Crippen molar-refractivity contribution in [1.82, 2.24) is 0 Å². The first-order valence-electron chi connectivity index (χ1n) is 5.73. The Kier molecular flexibility index (Phi) is 5.37. The van der Waals surface area contributed by atoms with Gasteiger partial charge >= 0.3 is 0 Å². The Labute approximate surface area is 126 Å². The van der Waals surface area contributed by atoms with E-state index in [0.29, 0.717) is 0 Å². The predicted octanol–water partition coefficient (Wildman–Crippen LogP) is 5.34. The third-order valence-electron chi connectivity index (χ3n) is 2.43. The van der Waals surface area contributed by atoms with Gasteiger partial charge in [0.05, 0.1) is 10.0 Å². The van der Waals surface area contributed by atoms with Crippen LogP contribution in [0.5, 0.6) is 0 Å². The average molecular weight is 316 g/mol. The van der Waals surface area contributed by atoms with Crippen LogP contribution in [0.15, 0.2) is 47.4 Å². The number of nitrogens with one attached hydrogen (secondary N) is 1. The minimum Gasteiger partial charge on any atom is -0.384 e. The molecule has 0 saturated carbocycles. The maximum absolute atomic E-state index is 13.2. The summed E-state index contributed by atoms with van der Waals surface area (Å²) >= 11 is 13.2. The lowest BCUT2D eigenvalue weighted by Gasteiger charge is -2.08. The standard InChI is InChI=1S/C14H12Cl2FNS/c15-12-8-10(9-13(16)14(12)17)18-6-7-19-11-4-2-1-3-5-11/h1-5,8-9,18H,6-7H2. The second-order valence-corrected chi connectivity index (χ2v) is 5.82. The number of rotatable bonds is 5. The lowest BCUT2D eigenvalue weighted by molar-refractivity contribution is 0.629. The second kappa shape index (κ2) is 7.04. The zero-order valence-corrected chi connectivity index (χ0v) is 12.3. The Hall–Kier alpha value is -0.900. The number of hydrogen-bond acceptors (Lipinski definition) is 2. The molecule has 0 aliphatic rings. The fourth-order valence-corrected chi connectivity index (χ4v) is 2.82. The molecule has 5 heteroatoms. The van der Waals surface area contributed by atoms with E-state index in [0.717, 1.165) is 18.0 Å². The summed E-state index contributed by atoms with van der Waals surface area (Å²) in [5.41, 5.74) is 0.727. The highest BCUT2D eigenvalue weighted by atomic mass is 35.5. The lowest BCUT2D eigenvalue weighted by Crippen LogP contribution is -2.04. The van der Waals surface area contributed by atoms with Crippen molar-refractivity contribution in [3.8, 4) is 0 Å². The molecule has 2 aromatic rings. The zero-order valence-electron chi connectivity index (χ0n) is 10.00. The Morgan fingerprint density at radius 1 is 1.05 bits per heavy atom. The van der Waals surface area contributed by atoms with Crippen LogP contribution in [0.25, 0.3) is 0 Å². The van der Waals surface area contributed by atoms with Crippen molar-refractivity contribution >= 4 is 40.7 Å². The van der Waals surface area contributed by atoms with E-state index < -0.39 is 5.82 Å². The molecule has 0 bridgehead atoms. The molecule has 2 rings (SSSR count). The molecule has 0 aliphatic carbocycles. The molecule has 0 aromatic heterocycles. The van der Waals surface area contributed by atoms with Crippen molar-refractivity contribution in [1.29, 1.82) is 0 Å². The van der Waals surface area contributed by atoms with Gasteiger partial charge in [0, 0.05) is 22.9 Å². The first kappa shape index (κ1) is 14.5. The van der Waals surface area contributed by atoms with Crippen molar-refractivity contribution in [2.24, 2.45) is 0 Å². The SMILES string of the molecule is Fc1c(Cl)cc(NCCSc2ccccc2)cc1Cl. The van der Waals surface area contributed by atoms with Gasteiger partial charge in [0.25, 0.3) is 0 Å². The number of benzene rings is 2. The van der Waals surface area contributed by atoms with Crippen LogP contribution >= 0.6 is 35.0 Å². The molecule has 1 nitrogen and oxygen atoms in total. The molecule has 0 atom stereocenters. The summed E-state index contributed by atoms with van der Waals surface area (Å²) in [5, 5.41) is 3.23. The van der Waals surface area contributed by atoms with Gasteiger partial charge in [-0.2, -0.15) is 0 Å². The normalized spacial score (nSPS) is 10.5. The molecular weight excluding hydrogens is 304 g/mol. The highest BCUT2D eigenvalue weighted by Crippen LogP contribution is 2.27. The van der Waals surface area contributed by atoms with E-state index in [4.69, 9.17) is 23.2 Å². The van der Waals surface area contributed by atoms with Crippen molar-refractivity contribution in [2.45, 2.75) is 4.90 Å². The van der Waals surface area contributed by atoms with E-state index in [1.54, 1.807) is 11.8 Å². The summed E-state index contributed by atoms with van der Waals surface area (Å²) in [4.78, 5) is 1.22. The summed E-state index contributed by atoms with van der Waals surface area (Å²) in [6, 6.07) is 13.2. The van der Waals surface area contributed by atoms with Gasteiger partial charge in [-0.25, -0.2) is 4.39 Å². The molecular formula is C14H12Cl2FNS. The van der Waals surface area contributed by atoms with Gasteiger partial charge in [0.2, 0.25) is 0 Å². The molecule has 100 valence electrons. The average Bonchev–Trinajstić information content (AvgIpc) is 2.42. The molecule has 0 unspecified atom stereocenters. The highest BCUT2D eigenvalue weighted by Gasteiger charge is 2.06. The van der Waals surface area contributed by atoms with E-state index >= 15 is 0 Å². The van der Waals surface area contributed by atoms with E-state index in [1.807, 2.05) is 18.2 Å². The van der Waals surface area contributed by atoms with Crippen molar-refractivity contribution in [2.75, 3.05) is 17.6 Å². The van der Waals surface area contributed by atoms with Gasteiger partial charge in [-0.3, -0.25) is 0 Å². The van der Waals surface area contributed by atoms with Crippen molar-refractivity contribution in [3.05, 3.63) is 58.3 Å². The van der Waals surface area contributed by atoms with E-state index in [1.165, 1.54) is 17.0 Å². The fourth-order valence-electron chi connectivity index (χ4n) is 1.54. The molecule has 0 heterocycles. The number of hydrogen-bond donors (Lipinski definition) is 1. The molecule has 0 radical (unpaired) electrons. The summed E-state index contributed by atoms with van der Waals surface area (Å²) in [6.45, 7) is 0.748. The minimum absolute atomic E-state index is 0.0331. The zero-order chi connectivity index (χ0) is 13.7. The highest BCUT2D eigenvalue weighted by molar-refractivity contribution is 7.99. The lowest BCUT2D eigenvalue weighted by atomic mass is 10.3. The molecule has 0 aliphatic heterocycles. The second-order valence-electron chi connectivity index (χ2n) is 3.84. The predicted molar refractivity (Wildman–Crippen MR) is 82.1 cm³/mol. The minimum atomic E-state index is -0.576. The van der Waals surface area contributed by atoms with Crippen molar-refractivity contribution in [3.63, 3.8) is 0 Å². The van der Waals surface area contributed by atoms with Gasteiger partial charge in [-0.05, 0) is 24.3 Å². The Morgan fingerprint density at radius 2 is 1.68 bits per heavy atom. The maximum Gasteiger partial charge on any atom is 0.160 e. The number of halogens is 3. The van der Waals surface area contributed by atoms with E-state index in [9.17, 15) is 4.39 Å². The van der Waals surface area contributed by atoms with Crippen LogP contribution in [0.3, 0.4) is 0 Å². The molecule has 0 amide bonds. The number of thioether (sulfide) groups is 1. The van der Waals surface area contributed by atoms with Crippen LogP contribution in [0.4, 0.5) is 10.1 Å². The Balaban J connectivity index is 1.83. The quantitative estimate of drug-likeness (QED) is 0.454. The summed E-state index contributed by atoms with van der Waals surface area (Å²) in [6.07, 6.45) is 0. The first-order chi connectivity index (χ1) is 9.16. The molecule has 0 fully saturated rings. The van der Waals surface area contributed by atoms with Gasteiger partial charge in [-0.15, -0.1) is 11.8 Å². The van der Waals surface area contributed by atoms with Crippen LogP contribution in [-0.4, -0.2) is 12.3 Å². The van der Waals surface area contributed by atoms with Crippen molar-refractivity contribution < 1.29 is 4.39 Å². The van der Waals surface area contributed by atoms with Crippen LogP contribution < -0.4 is 5.32 Å². The Bertz CT molecular complexity index is 525. The monoisotopic (exact) mass is 315 g/mol. The molecule has 19 heavy (non-hydrogen) atoms. The summed E-state index contributed by atoms with van der Waals surface area (Å²) in [5.74, 6) is 0.323. The Morgan fingerprint density at radius 3 is 2.32 bits per heavy atom. The maximum atomic E-state index is 13.2. The number of anilines is 1. The van der Waals surface area contributed by atoms with Crippen LogP contribution in [-0.2, 0) is 0 Å². The van der Waals surface area contributed by atoms with Crippen LogP contribution in [0.2, 0.25) is 10.0 Å². The van der Waals surface area contributed by atoms with Gasteiger partial charge in [0.1, 0.15) is 0 Å². The molecule has 0 spiro atoms. The third-order valence-corrected chi connectivity index (χ3v) is 3.99. The largest absolute Gasteiger partial charge is 0.384 e. The summed E-state index contributed by atoms with van der Waals surface area (Å²) in [7, 11) is 0. The topological polar surface area (TPSA) is 12.0 Å². The smallest absolute Gasteiger partial charge is 0.160 e. The molecule has 0 saturated heterocycles.